The van der Waals surface area contributed by atoms with E-state index in [0.29, 0.717) is 5.15 Å². The molecule has 1 heterocycles. The second-order valence-electron chi connectivity index (χ2n) is 4.46. The smallest absolute Gasteiger partial charge is 0.133 e. The van der Waals surface area contributed by atoms with E-state index in [-0.39, 0.29) is 5.92 Å². The summed E-state index contributed by atoms with van der Waals surface area (Å²) in [4.78, 5) is 8.78. The summed E-state index contributed by atoms with van der Waals surface area (Å²) in [7, 11) is 0. The summed E-state index contributed by atoms with van der Waals surface area (Å²) < 4.78 is 0. The van der Waals surface area contributed by atoms with E-state index in [1.54, 1.807) is 0 Å². The Kier molecular flexibility index (Phi) is 3.43. The first-order chi connectivity index (χ1) is 8.06. The van der Waals surface area contributed by atoms with Gasteiger partial charge in [0.05, 0.1) is 5.69 Å². The van der Waals surface area contributed by atoms with Crippen LogP contribution in [0, 0.1) is 6.92 Å². The van der Waals surface area contributed by atoms with Crippen LogP contribution in [0.4, 0.5) is 0 Å². The van der Waals surface area contributed by atoms with Crippen LogP contribution >= 0.6 is 11.6 Å². The quantitative estimate of drug-likeness (QED) is 0.741. The highest BCUT2D eigenvalue weighted by Gasteiger charge is 2.08. The molecule has 0 aliphatic carbocycles. The lowest BCUT2D eigenvalue weighted by molar-refractivity contribution is 0.776. The van der Waals surface area contributed by atoms with Crippen LogP contribution in [0.3, 0.4) is 0 Å². The Morgan fingerprint density at radius 3 is 2.53 bits per heavy atom. The molecule has 1 aromatic heterocycles. The van der Waals surface area contributed by atoms with E-state index in [2.05, 4.69) is 42.9 Å². The zero-order valence-corrected chi connectivity index (χ0v) is 11.0. The Hall–Kier alpha value is -1.41. The minimum absolute atomic E-state index is 0.275. The van der Waals surface area contributed by atoms with Crippen molar-refractivity contribution in [3.8, 4) is 11.3 Å². The number of benzene rings is 1. The maximum atomic E-state index is 6.03. The first-order valence-electron chi connectivity index (χ1n) is 5.68. The summed E-state index contributed by atoms with van der Waals surface area (Å²) in [5.74, 6) is 1.06. The van der Waals surface area contributed by atoms with E-state index in [1.165, 1.54) is 5.56 Å². The van der Waals surface area contributed by atoms with Crippen molar-refractivity contribution in [1.29, 1.82) is 0 Å². The predicted octanol–water partition coefficient (Wildman–Crippen LogP) is 4.23. The van der Waals surface area contributed by atoms with Gasteiger partial charge in [0.25, 0.3) is 0 Å². The zero-order chi connectivity index (χ0) is 12.4. The average molecular weight is 247 g/mol. The van der Waals surface area contributed by atoms with E-state index < -0.39 is 0 Å². The van der Waals surface area contributed by atoms with Crippen molar-refractivity contribution in [1.82, 2.24) is 9.97 Å². The SMILES string of the molecule is Cc1cccc(-c2cc(Cl)nc(C(C)C)n2)c1. The lowest BCUT2D eigenvalue weighted by Crippen LogP contribution is -1.99. The van der Waals surface area contributed by atoms with Gasteiger partial charge in [-0.3, -0.25) is 0 Å². The standard InChI is InChI=1S/C14H15ClN2/c1-9(2)14-16-12(8-13(15)17-14)11-6-4-5-10(3)7-11/h4-9H,1-3H3. The molecule has 0 unspecified atom stereocenters. The molecule has 17 heavy (non-hydrogen) atoms. The summed E-state index contributed by atoms with van der Waals surface area (Å²) in [5.41, 5.74) is 3.18. The number of hydrogen-bond acceptors (Lipinski definition) is 2. The molecule has 0 atom stereocenters. The molecule has 3 heteroatoms. The molecule has 0 spiro atoms. The molecule has 2 rings (SSSR count). The Morgan fingerprint density at radius 2 is 1.88 bits per heavy atom. The molecular weight excluding hydrogens is 232 g/mol. The molecule has 0 radical (unpaired) electrons. The van der Waals surface area contributed by atoms with Crippen LogP contribution in [0.15, 0.2) is 30.3 Å². The van der Waals surface area contributed by atoms with Gasteiger partial charge >= 0.3 is 0 Å². The van der Waals surface area contributed by atoms with Gasteiger partial charge in [0, 0.05) is 17.5 Å². The average Bonchev–Trinajstić information content (AvgIpc) is 2.28. The van der Waals surface area contributed by atoms with Crippen molar-refractivity contribution in [2.24, 2.45) is 0 Å². The zero-order valence-electron chi connectivity index (χ0n) is 10.2. The number of hydrogen-bond donors (Lipinski definition) is 0. The van der Waals surface area contributed by atoms with E-state index in [1.807, 2.05) is 18.2 Å². The fourth-order valence-electron chi connectivity index (χ4n) is 1.65. The lowest BCUT2D eigenvalue weighted by Gasteiger charge is -2.08. The summed E-state index contributed by atoms with van der Waals surface area (Å²) in [6, 6.07) is 10.0. The maximum Gasteiger partial charge on any atom is 0.133 e. The predicted molar refractivity (Wildman–Crippen MR) is 71.3 cm³/mol. The lowest BCUT2D eigenvalue weighted by atomic mass is 10.1. The Morgan fingerprint density at radius 1 is 1.12 bits per heavy atom. The molecule has 0 N–H and O–H groups in total. The fourth-order valence-corrected chi connectivity index (χ4v) is 1.84. The number of rotatable bonds is 2. The third-order valence-corrected chi connectivity index (χ3v) is 2.74. The summed E-state index contributed by atoms with van der Waals surface area (Å²) in [5, 5.41) is 0.500. The molecule has 0 amide bonds. The minimum Gasteiger partial charge on any atom is -0.233 e. The second-order valence-corrected chi connectivity index (χ2v) is 4.85. The number of aryl methyl sites for hydroxylation is 1. The van der Waals surface area contributed by atoms with Crippen LogP contribution in [-0.2, 0) is 0 Å². The van der Waals surface area contributed by atoms with Gasteiger partial charge in [-0.25, -0.2) is 9.97 Å². The fraction of sp³-hybridized carbons (Fsp3) is 0.286. The first-order valence-corrected chi connectivity index (χ1v) is 6.05. The highest BCUT2D eigenvalue weighted by Crippen LogP contribution is 2.23. The Balaban J connectivity index is 2.52. The van der Waals surface area contributed by atoms with Crippen molar-refractivity contribution < 1.29 is 0 Å². The summed E-state index contributed by atoms with van der Waals surface area (Å²) in [6.45, 7) is 6.19. The number of halogens is 1. The van der Waals surface area contributed by atoms with Gasteiger partial charge in [-0.1, -0.05) is 49.2 Å². The Bertz CT molecular complexity index is 535. The topological polar surface area (TPSA) is 25.8 Å². The first kappa shape index (κ1) is 12.1. The van der Waals surface area contributed by atoms with Gasteiger partial charge < -0.3 is 0 Å². The van der Waals surface area contributed by atoms with Crippen LogP contribution in [0.5, 0.6) is 0 Å². The van der Waals surface area contributed by atoms with Crippen molar-refractivity contribution in [2.45, 2.75) is 26.7 Å². The van der Waals surface area contributed by atoms with Gasteiger partial charge in [-0.2, -0.15) is 0 Å². The third-order valence-electron chi connectivity index (χ3n) is 2.54. The molecule has 0 saturated heterocycles. The van der Waals surface area contributed by atoms with Crippen LogP contribution < -0.4 is 0 Å². The van der Waals surface area contributed by atoms with E-state index in [9.17, 15) is 0 Å². The van der Waals surface area contributed by atoms with Crippen molar-refractivity contribution in [3.63, 3.8) is 0 Å². The number of nitrogens with zero attached hydrogens (tertiary/aromatic N) is 2. The third kappa shape index (κ3) is 2.83. The molecule has 88 valence electrons. The van der Waals surface area contributed by atoms with Gasteiger partial charge in [0.15, 0.2) is 0 Å². The molecule has 0 saturated carbocycles. The molecule has 0 bridgehead atoms. The summed E-state index contributed by atoms with van der Waals surface area (Å²) >= 11 is 6.03. The van der Waals surface area contributed by atoms with Gasteiger partial charge in [0.1, 0.15) is 11.0 Å². The van der Waals surface area contributed by atoms with E-state index >= 15 is 0 Å². The molecule has 2 aromatic rings. The van der Waals surface area contributed by atoms with Gasteiger partial charge in [0.2, 0.25) is 0 Å². The maximum absolute atomic E-state index is 6.03. The van der Waals surface area contributed by atoms with Crippen molar-refractivity contribution in [3.05, 3.63) is 46.9 Å². The molecule has 0 fully saturated rings. The van der Waals surface area contributed by atoms with E-state index in [0.717, 1.165) is 17.1 Å². The van der Waals surface area contributed by atoms with E-state index in [4.69, 9.17) is 11.6 Å². The molecule has 0 aliphatic heterocycles. The molecular formula is C14H15ClN2. The highest BCUT2D eigenvalue weighted by atomic mass is 35.5. The highest BCUT2D eigenvalue weighted by molar-refractivity contribution is 6.29. The largest absolute Gasteiger partial charge is 0.233 e. The second kappa shape index (κ2) is 4.84. The van der Waals surface area contributed by atoms with Crippen LogP contribution in [-0.4, -0.2) is 9.97 Å². The van der Waals surface area contributed by atoms with Crippen LogP contribution in [0.25, 0.3) is 11.3 Å². The monoisotopic (exact) mass is 246 g/mol. The van der Waals surface area contributed by atoms with Gasteiger partial charge in [-0.05, 0) is 13.0 Å². The Labute approximate surface area is 107 Å². The van der Waals surface area contributed by atoms with Crippen molar-refractivity contribution in [2.75, 3.05) is 0 Å². The minimum atomic E-state index is 0.275. The normalized spacial score (nSPS) is 10.9. The molecule has 0 aliphatic rings. The molecule has 2 nitrogen and oxygen atoms in total. The van der Waals surface area contributed by atoms with Crippen LogP contribution in [0.1, 0.15) is 31.2 Å². The van der Waals surface area contributed by atoms with Gasteiger partial charge in [-0.15, -0.1) is 0 Å². The molecule has 1 aromatic carbocycles. The van der Waals surface area contributed by atoms with Crippen LogP contribution in [0.2, 0.25) is 5.15 Å². The summed E-state index contributed by atoms with van der Waals surface area (Å²) in [6.07, 6.45) is 0. The van der Waals surface area contributed by atoms with Crippen molar-refractivity contribution >= 4 is 11.6 Å². The number of aromatic nitrogens is 2.